The van der Waals surface area contributed by atoms with E-state index in [-0.39, 0.29) is 6.10 Å². The molecule has 0 unspecified atom stereocenters. The number of likely N-dealkylation sites (tertiary alicyclic amines) is 1. The van der Waals surface area contributed by atoms with Gasteiger partial charge in [0.2, 0.25) is 0 Å². The fourth-order valence-electron chi connectivity index (χ4n) is 2.73. The quantitative estimate of drug-likeness (QED) is 0.828. The van der Waals surface area contributed by atoms with Crippen molar-refractivity contribution in [3.05, 3.63) is 24.3 Å². The molecule has 2 rings (SSSR count). The lowest BCUT2D eigenvalue weighted by atomic mass is 10.1. The summed E-state index contributed by atoms with van der Waals surface area (Å²) in [5.41, 5.74) is 0.712. The van der Waals surface area contributed by atoms with Gasteiger partial charge in [-0.15, -0.1) is 0 Å². The Morgan fingerprint density at radius 2 is 1.91 bits per heavy atom. The molecule has 0 bridgehead atoms. The second kappa shape index (κ2) is 9.40. The van der Waals surface area contributed by atoms with Crippen LogP contribution in [0.1, 0.15) is 39.5 Å². The number of hydrogen-bond donors (Lipinski definition) is 1. The summed E-state index contributed by atoms with van der Waals surface area (Å²) in [6, 6.07) is 7.34. The summed E-state index contributed by atoms with van der Waals surface area (Å²) in [4.78, 5) is 14.3. The van der Waals surface area contributed by atoms with E-state index < -0.39 is 6.09 Å². The summed E-state index contributed by atoms with van der Waals surface area (Å²) in [6.07, 6.45) is 4.25. The minimum absolute atomic E-state index is 0.111. The number of benzene rings is 1. The molecule has 1 amide bonds. The molecule has 1 saturated heterocycles. The van der Waals surface area contributed by atoms with E-state index in [4.69, 9.17) is 9.47 Å². The highest BCUT2D eigenvalue weighted by Gasteiger charge is 2.16. The van der Waals surface area contributed by atoms with Crippen molar-refractivity contribution in [1.82, 2.24) is 4.90 Å². The second-order valence-electron chi connectivity index (χ2n) is 6.08. The molecule has 1 atom stereocenters. The van der Waals surface area contributed by atoms with Crippen LogP contribution in [0.4, 0.5) is 10.5 Å². The van der Waals surface area contributed by atoms with Crippen LogP contribution in [0.2, 0.25) is 0 Å². The highest BCUT2D eigenvalue weighted by molar-refractivity contribution is 5.84. The third-order valence-corrected chi connectivity index (χ3v) is 3.85. The highest BCUT2D eigenvalue weighted by Crippen LogP contribution is 2.16. The van der Waals surface area contributed by atoms with Crippen molar-refractivity contribution in [1.29, 1.82) is 0 Å². The number of nitrogens with one attached hydrogen (secondary N) is 1. The van der Waals surface area contributed by atoms with E-state index >= 15 is 0 Å². The number of rotatable bonds is 7. The molecule has 1 aliphatic rings. The Morgan fingerprint density at radius 1 is 1.22 bits per heavy atom. The Kier molecular flexibility index (Phi) is 7.20. The predicted octanol–water partition coefficient (Wildman–Crippen LogP) is 3.90. The van der Waals surface area contributed by atoms with Gasteiger partial charge in [0.05, 0.1) is 6.61 Å². The van der Waals surface area contributed by atoms with Crippen molar-refractivity contribution in [2.45, 2.75) is 45.6 Å². The third kappa shape index (κ3) is 6.48. The molecule has 5 heteroatoms. The van der Waals surface area contributed by atoms with Crippen molar-refractivity contribution in [2.24, 2.45) is 0 Å². The molecule has 1 aromatic rings. The Balaban J connectivity index is 1.72. The SMILES string of the molecule is CCCOc1ccc(NC(=O)O[C@@H](C)CN2CCCCC2)cc1. The van der Waals surface area contributed by atoms with E-state index in [9.17, 15) is 4.79 Å². The molecule has 5 nitrogen and oxygen atoms in total. The Bertz CT molecular complexity index is 470. The molecule has 0 spiro atoms. The average molecular weight is 320 g/mol. The van der Waals surface area contributed by atoms with Crippen LogP contribution >= 0.6 is 0 Å². The molecular formula is C18H28N2O3. The first-order valence-electron chi connectivity index (χ1n) is 8.60. The molecule has 0 radical (unpaired) electrons. The molecule has 23 heavy (non-hydrogen) atoms. The van der Waals surface area contributed by atoms with Gasteiger partial charge in [-0.2, -0.15) is 0 Å². The standard InChI is InChI=1S/C18H28N2O3/c1-3-13-22-17-9-7-16(8-10-17)19-18(21)23-15(2)14-20-11-5-4-6-12-20/h7-10,15H,3-6,11-14H2,1-2H3,(H,19,21)/t15-/m0/s1. The van der Waals surface area contributed by atoms with E-state index in [1.807, 2.05) is 31.2 Å². The lowest BCUT2D eigenvalue weighted by Crippen LogP contribution is -2.37. The molecule has 1 heterocycles. The maximum absolute atomic E-state index is 11.9. The molecule has 0 saturated carbocycles. The van der Waals surface area contributed by atoms with Gasteiger partial charge in [-0.25, -0.2) is 4.79 Å². The normalized spacial score (nSPS) is 16.6. The lowest BCUT2D eigenvalue weighted by Gasteiger charge is -2.28. The summed E-state index contributed by atoms with van der Waals surface area (Å²) in [5, 5.41) is 2.76. The summed E-state index contributed by atoms with van der Waals surface area (Å²) in [6.45, 7) is 7.72. The third-order valence-electron chi connectivity index (χ3n) is 3.85. The summed E-state index contributed by atoms with van der Waals surface area (Å²) >= 11 is 0. The van der Waals surface area contributed by atoms with E-state index in [1.54, 1.807) is 0 Å². The predicted molar refractivity (Wildman–Crippen MR) is 92.1 cm³/mol. The first kappa shape index (κ1) is 17.6. The average Bonchev–Trinajstić information content (AvgIpc) is 2.55. The number of amides is 1. The van der Waals surface area contributed by atoms with Crippen molar-refractivity contribution in [2.75, 3.05) is 31.6 Å². The van der Waals surface area contributed by atoms with Gasteiger partial charge in [0, 0.05) is 12.2 Å². The Hall–Kier alpha value is -1.75. The number of nitrogens with zero attached hydrogens (tertiary/aromatic N) is 1. The van der Waals surface area contributed by atoms with Crippen molar-refractivity contribution >= 4 is 11.8 Å². The van der Waals surface area contributed by atoms with Crippen LogP contribution < -0.4 is 10.1 Å². The number of piperidine rings is 1. The van der Waals surface area contributed by atoms with E-state index in [1.165, 1.54) is 19.3 Å². The number of anilines is 1. The summed E-state index contributed by atoms with van der Waals surface area (Å²) in [5.74, 6) is 0.809. The fraction of sp³-hybridized carbons (Fsp3) is 0.611. The van der Waals surface area contributed by atoms with E-state index in [0.29, 0.717) is 12.3 Å². The number of hydrogen-bond acceptors (Lipinski definition) is 4. The topological polar surface area (TPSA) is 50.8 Å². The molecule has 1 aliphatic heterocycles. The van der Waals surface area contributed by atoms with Crippen molar-refractivity contribution in [3.8, 4) is 5.75 Å². The molecular weight excluding hydrogens is 292 g/mol. The molecule has 1 N–H and O–H groups in total. The maximum Gasteiger partial charge on any atom is 0.411 e. The zero-order chi connectivity index (χ0) is 16.5. The van der Waals surface area contributed by atoms with Gasteiger partial charge >= 0.3 is 6.09 Å². The van der Waals surface area contributed by atoms with Gasteiger partial charge in [-0.05, 0) is 63.5 Å². The zero-order valence-electron chi connectivity index (χ0n) is 14.2. The van der Waals surface area contributed by atoms with Gasteiger partial charge in [-0.1, -0.05) is 13.3 Å². The van der Waals surface area contributed by atoms with Crippen LogP contribution in [0.25, 0.3) is 0 Å². The monoisotopic (exact) mass is 320 g/mol. The molecule has 1 aromatic carbocycles. The number of carbonyl (C=O) groups is 1. The Morgan fingerprint density at radius 3 is 2.57 bits per heavy atom. The Labute approximate surface area is 139 Å². The molecule has 0 aliphatic carbocycles. The van der Waals surface area contributed by atoms with Crippen LogP contribution in [0.15, 0.2) is 24.3 Å². The molecule has 1 fully saturated rings. The summed E-state index contributed by atoms with van der Waals surface area (Å²) < 4.78 is 10.9. The van der Waals surface area contributed by atoms with Gasteiger partial charge in [-0.3, -0.25) is 10.2 Å². The van der Waals surface area contributed by atoms with Crippen LogP contribution in [0.5, 0.6) is 5.75 Å². The van der Waals surface area contributed by atoms with Gasteiger partial charge < -0.3 is 9.47 Å². The minimum atomic E-state index is -0.406. The zero-order valence-corrected chi connectivity index (χ0v) is 14.2. The first-order chi connectivity index (χ1) is 11.2. The lowest BCUT2D eigenvalue weighted by molar-refractivity contribution is 0.0833. The van der Waals surface area contributed by atoms with Crippen molar-refractivity contribution in [3.63, 3.8) is 0 Å². The maximum atomic E-state index is 11.9. The van der Waals surface area contributed by atoms with Crippen LogP contribution in [-0.4, -0.2) is 43.3 Å². The molecule has 0 aromatic heterocycles. The number of ether oxygens (including phenoxy) is 2. The second-order valence-corrected chi connectivity index (χ2v) is 6.08. The van der Waals surface area contributed by atoms with Crippen LogP contribution in [0, 0.1) is 0 Å². The van der Waals surface area contributed by atoms with Gasteiger partial charge in [0.15, 0.2) is 0 Å². The summed E-state index contributed by atoms with van der Waals surface area (Å²) in [7, 11) is 0. The van der Waals surface area contributed by atoms with Crippen LogP contribution in [-0.2, 0) is 4.74 Å². The van der Waals surface area contributed by atoms with E-state index in [2.05, 4.69) is 17.1 Å². The smallest absolute Gasteiger partial charge is 0.411 e. The fourth-order valence-corrected chi connectivity index (χ4v) is 2.73. The molecule has 128 valence electrons. The van der Waals surface area contributed by atoms with Crippen LogP contribution in [0.3, 0.4) is 0 Å². The highest BCUT2D eigenvalue weighted by atomic mass is 16.6. The van der Waals surface area contributed by atoms with Crippen molar-refractivity contribution < 1.29 is 14.3 Å². The number of carbonyl (C=O) groups excluding carboxylic acids is 1. The van der Waals surface area contributed by atoms with Gasteiger partial charge in [0.1, 0.15) is 11.9 Å². The minimum Gasteiger partial charge on any atom is -0.494 e. The largest absolute Gasteiger partial charge is 0.494 e. The van der Waals surface area contributed by atoms with Gasteiger partial charge in [0.25, 0.3) is 0 Å². The van der Waals surface area contributed by atoms with E-state index in [0.717, 1.165) is 31.8 Å². The first-order valence-corrected chi connectivity index (χ1v) is 8.60.